The summed E-state index contributed by atoms with van der Waals surface area (Å²) in [6.45, 7) is 1.38. The number of benzene rings is 2. The molecule has 0 radical (unpaired) electrons. The molecule has 0 aliphatic heterocycles. The number of hydrogen-bond acceptors (Lipinski definition) is 4. The van der Waals surface area contributed by atoms with Crippen LogP contribution in [0.3, 0.4) is 0 Å². The number of hydrogen-bond donors (Lipinski definition) is 2. The van der Waals surface area contributed by atoms with E-state index in [2.05, 4.69) is 10.3 Å². The quantitative estimate of drug-likeness (QED) is 0.705. The first-order chi connectivity index (χ1) is 12.4. The molecule has 6 nitrogen and oxygen atoms in total. The van der Waals surface area contributed by atoms with Crippen molar-refractivity contribution in [1.29, 1.82) is 0 Å². The molecule has 3 aromatic rings. The zero-order valence-corrected chi connectivity index (χ0v) is 13.8. The molecule has 1 atom stereocenters. The van der Waals surface area contributed by atoms with Crippen molar-refractivity contribution in [2.75, 3.05) is 5.32 Å². The molecule has 0 bridgehead atoms. The Balaban J connectivity index is 1.73. The van der Waals surface area contributed by atoms with Crippen LogP contribution in [-0.4, -0.2) is 23.0 Å². The van der Waals surface area contributed by atoms with E-state index in [1.54, 1.807) is 24.3 Å². The lowest BCUT2D eigenvalue weighted by atomic mass is 10.1. The first kappa shape index (κ1) is 17.3. The normalized spacial score (nSPS) is 11.8. The van der Waals surface area contributed by atoms with Gasteiger partial charge < -0.3 is 15.0 Å². The van der Waals surface area contributed by atoms with E-state index >= 15 is 0 Å². The Morgan fingerprint density at radius 2 is 1.88 bits per heavy atom. The van der Waals surface area contributed by atoms with Crippen molar-refractivity contribution in [3.63, 3.8) is 0 Å². The number of rotatable bonds is 4. The van der Waals surface area contributed by atoms with Crippen LogP contribution in [0.1, 0.15) is 17.4 Å². The van der Waals surface area contributed by atoms with Crippen LogP contribution in [0, 0.1) is 5.82 Å². The number of fused-ring (bicyclic) bond motifs is 1. The van der Waals surface area contributed by atoms with E-state index in [0.717, 1.165) is 6.07 Å². The molecule has 0 aliphatic carbocycles. The lowest BCUT2D eigenvalue weighted by Crippen LogP contribution is -2.30. The van der Waals surface area contributed by atoms with Crippen LogP contribution < -0.4 is 10.9 Å². The Bertz CT molecular complexity index is 1040. The second kappa shape index (κ2) is 7.18. The third kappa shape index (κ3) is 3.77. The van der Waals surface area contributed by atoms with E-state index < -0.39 is 29.4 Å². The van der Waals surface area contributed by atoms with Crippen molar-refractivity contribution in [2.45, 2.75) is 13.0 Å². The Morgan fingerprint density at radius 3 is 2.65 bits per heavy atom. The van der Waals surface area contributed by atoms with E-state index in [-0.39, 0.29) is 11.4 Å². The van der Waals surface area contributed by atoms with Gasteiger partial charge in [-0.3, -0.25) is 9.59 Å². The van der Waals surface area contributed by atoms with E-state index in [1.807, 2.05) is 0 Å². The summed E-state index contributed by atoms with van der Waals surface area (Å²) in [5.74, 6) is -1.96. The van der Waals surface area contributed by atoms with Crippen LogP contribution in [0.2, 0.25) is 0 Å². The zero-order chi connectivity index (χ0) is 18.7. The first-order valence-corrected chi connectivity index (χ1v) is 7.83. The number of aromatic amines is 1. The monoisotopic (exact) mass is 354 g/mol. The Labute approximate surface area is 147 Å². The minimum Gasteiger partial charge on any atom is -0.448 e. The minimum atomic E-state index is -1.14. The van der Waals surface area contributed by atoms with Crippen LogP contribution >= 0.6 is 0 Å². The predicted molar refractivity (Wildman–Crippen MR) is 94.5 cm³/mol. The summed E-state index contributed by atoms with van der Waals surface area (Å²) in [5.41, 5.74) is -0.233. The molecule has 0 saturated heterocycles. The Kier molecular flexibility index (Phi) is 4.79. The second-order valence-electron chi connectivity index (χ2n) is 5.65. The maximum atomic E-state index is 13.1. The smallest absolute Gasteiger partial charge is 0.355 e. The van der Waals surface area contributed by atoms with Crippen molar-refractivity contribution >= 4 is 28.3 Å². The van der Waals surface area contributed by atoms with E-state index in [1.165, 1.54) is 31.2 Å². The zero-order valence-electron chi connectivity index (χ0n) is 13.8. The third-order valence-electron chi connectivity index (χ3n) is 3.72. The second-order valence-corrected chi connectivity index (χ2v) is 5.65. The molecule has 1 amide bonds. The number of nitrogens with one attached hydrogen (secondary N) is 2. The van der Waals surface area contributed by atoms with Crippen molar-refractivity contribution in [3.05, 3.63) is 76.5 Å². The maximum absolute atomic E-state index is 13.1. The van der Waals surface area contributed by atoms with Gasteiger partial charge in [-0.05, 0) is 42.6 Å². The fourth-order valence-electron chi connectivity index (χ4n) is 2.41. The summed E-state index contributed by atoms with van der Waals surface area (Å²) >= 11 is 0. The van der Waals surface area contributed by atoms with E-state index in [4.69, 9.17) is 4.74 Å². The van der Waals surface area contributed by atoms with Gasteiger partial charge in [-0.15, -0.1) is 0 Å². The van der Waals surface area contributed by atoms with Crippen LogP contribution in [0.5, 0.6) is 0 Å². The molecule has 0 fully saturated rings. The molecule has 7 heteroatoms. The molecule has 2 aromatic carbocycles. The third-order valence-corrected chi connectivity index (χ3v) is 3.72. The molecular weight excluding hydrogens is 339 g/mol. The van der Waals surface area contributed by atoms with E-state index in [9.17, 15) is 18.8 Å². The number of halogens is 1. The topological polar surface area (TPSA) is 88.3 Å². The molecule has 132 valence electrons. The van der Waals surface area contributed by atoms with Gasteiger partial charge in [0, 0.05) is 11.1 Å². The molecule has 0 spiro atoms. The number of H-pyrrole nitrogens is 1. The van der Waals surface area contributed by atoms with Gasteiger partial charge in [0.1, 0.15) is 11.5 Å². The Morgan fingerprint density at radius 1 is 1.12 bits per heavy atom. The number of carbonyl (C=O) groups is 2. The molecule has 1 aromatic heterocycles. The van der Waals surface area contributed by atoms with Gasteiger partial charge in [0.15, 0.2) is 6.10 Å². The Hall–Kier alpha value is -3.48. The molecule has 0 unspecified atom stereocenters. The fraction of sp³-hybridized carbons (Fsp3) is 0.105. The van der Waals surface area contributed by atoms with Crippen LogP contribution in [0.25, 0.3) is 10.8 Å². The van der Waals surface area contributed by atoms with Gasteiger partial charge >= 0.3 is 5.97 Å². The number of aromatic nitrogens is 1. The lowest BCUT2D eigenvalue weighted by Gasteiger charge is -2.13. The van der Waals surface area contributed by atoms with Crippen molar-refractivity contribution in [1.82, 2.24) is 4.98 Å². The van der Waals surface area contributed by atoms with Gasteiger partial charge in [-0.2, -0.15) is 0 Å². The summed E-state index contributed by atoms with van der Waals surface area (Å²) in [7, 11) is 0. The summed E-state index contributed by atoms with van der Waals surface area (Å²) in [5, 5.41) is 3.48. The van der Waals surface area contributed by atoms with Gasteiger partial charge in [-0.25, -0.2) is 9.18 Å². The molecule has 26 heavy (non-hydrogen) atoms. The number of amides is 1. The number of esters is 1. The molecule has 1 heterocycles. The molecule has 0 saturated carbocycles. The standard InChI is InChI=1S/C19H15FN2O4/c1-11(17(23)21-14-7-4-6-13(20)10-14)26-19(25)16-9-12-5-2-3-8-15(12)18(24)22-16/h2-11H,1H3,(H,21,23)(H,22,24)/t11-/m1/s1. The highest BCUT2D eigenvalue weighted by Crippen LogP contribution is 2.13. The average Bonchev–Trinajstić information content (AvgIpc) is 2.61. The number of anilines is 1. The SMILES string of the molecule is C[C@@H](OC(=O)c1cc2ccccc2c(=O)[nH]1)C(=O)Nc1cccc(F)c1. The molecule has 2 N–H and O–H groups in total. The molecular formula is C19H15FN2O4. The summed E-state index contributed by atoms with van der Waals surface area (Å²) in [6.07, 6.45) is -1.14. The first-order valence-electron chi connectivity index (χ1n) is 7.83. The van der Waals surface area contributed by atoms with Gasteiger partial charge in [0.05, 0.1) is 0 Å². The minimum absolute atomic E-state index is 0.0564. The van der Waals surface area contributed by atoms with Crippen LogP contribution in [-0.2, 0) is 9.53 Å². The molecule has 0 aliphatic rings. The summed E-state index contributed by atoms with van der Waals surface area (Å²) < 4.78 is 18.2. The highest BCUT2D eigenvalue weighted by Gasteiger charge is 2.20. The van der Waals surface area contributed by atoms with Crippen LogP contribution in [0.4, 0.5) is 10.1 Å². The summed E-state index contributed by atoms with van der Waals surface area (Å²) in [4.78, 5) is 38.8. The number of carbonyl (C=O) groups excluding carboxylic acids is 2. The van der Waals surface area contributed by atoms with Gasteiger partial charge in [-0.1, -0.05) is 24.3 Å². The van der Waals surface area contributed by atoms with Crippen molar-refractivity contribution < 1.29 is 18.7 Å². The van der Waals surface area contributed by atoms with Crippen molar-refractivity contribution in [2.24, 2.45) is 0 Å². The molecule has 3 rings (SSSR count). The van der Waals surface area contributed by atoms with Gasteiger partial charge in [0.25, 0.3) is 11.5 Å². The number of ether oxygens (including phenoxy) is 1. The predicted octanol–water partition coefficient (Wildman–Crippen LogP) is 2.85. The lowest BCUT2D eigenvalue weighted by molar-refractivity contribution is -0.123. The van der Waals surface area contributed by atoms with E-state index in [0.29, 0.717) is 10.8 Å². The van der Waals surface area contributed by atoms with Gasteiger partial charge in [0.2, 0.25) is 0 Å². The largest absolute Gasteiger partial charge is 0.448 e. The summed E-state index contributed by atoms with van der Waals surface area (Å²) in [6, 6.07) is 13.6. The average molecular weight is 354 g/mol. The fourth-order valence-corrected chi connectivity index (χ4v) is 2.41. The highest BCUT2D eigenvalue weighted by atomic mass is 19.1. The van der Waals surface area contributed by atoms with Crippen molar-refractivity contribution in [3.8, 4) is 0 Å². The highest BCUT2D eigenvalue weighted by molar-refractivity contribution is 5.98. The maximum Gasteiger partial charge on any atom is 0.355 e. The number of pyridine rings is 1. The van der Waals surface area contributed by atoms with Crippen LogP contribution in [0.15, 0.2) is 59.4 Å².